The van der Waals surface area contributed by atoms with Crippen molar-refractivity contribution in [3.8, 4) is 0 Å². The Bertz CT molecular complexity index is 150. The Hall–Kier alpha value is -0.713. The van der Waals surface area contributed by atoms with Gasteiger partial charge in [0.2, 0.25) is 6.05 Å². The van der Waals surface area contributed by atoms with Gasteiger partial charge in [-0.1, -0.05) is 12.6 Å². The minimum absolute atomic E-state index is 0.199. The summed E-state index contributed by atoms with van der Waals surface area (Å²) in [6, 6.07) is -1.83. The molecule has 0 aliphatic rings. The van der Waals surface area contributed by atoms with Gasteiger partial charge in [-0.2, -0.15) is 0 Å². The van der Waals surface area contributed by atoms with Crippen LogP contribution in [0.5, 0.6) is 0 Å². The average molecular weight is 192 g/mol. The van der Waals surface area contributed by atoms with E-state index in [2.05, 4.69) is 11.3 Å². The van der Waals surface area contributed by atoms with Crippen LogP contribution in [0.2, 0.25) is 6.04 Å². The van der Waals surface area contributed by atoms with Crippen LogP contribution in [-0.2, 0) is 9.53 Å². The number of ether oxygens (including phenoxy) is 1. The van der Waals surface area contributed by atoms with Crippen molar-refractivity contribution in [2.75, 3.05) is 6.61 Å². The minimum atomic E-state index is -2.24. The molecule has 2 nitrogen and oxygen atoms in total. The van der Waals surface area contributed by atoms with Crippen LogP contribution in [0.3, 0.4) is 0 Å². The Morgan fingerprint density at radius 1 is 1.67 bits per heavy atom. The first-order chi connectivity index (χ1) is 5.66. The molecule has 0 aromatic carbocycles. The molecule has 0 spiro atoms. The molecule has 5 heteroatoms. The number of alkyl halides is 2. The maximum atomic E-state index is 11.6. The Morgan fingerprint density at radius 3 is 2.83 bits per heavy atom. The van der Waals surface area contributed by atoms with Gasteiger partial charge in [-0.25, -0.2) is 13.6 Å². The Kier molecular flexibility index (Phi) is 6.55. The van der Waals surface area contributed by atoms with Crippen molar-refractivity contribution in [1.29, 1.82) is 0 Å². The highest BCUT2D eigenvalue weighted by molar-refractivity contribution is 6.36. The number of hydrogen-bond acceptors (Lipinski definition) is 2. The molecule has 2 radical (unpaired) electrons. The first-order valence-corrected chi connectivity index (χ1v) is 4.76. The number of carbonyl (C=O) groups excluding carboxylic acids is 1. The second-order valence-electron chi connectivity index (χ2n) is 1.98. The third kappa shape index (κ3) is 7.39. The van der Waals surface area contributed by atoms with E-state index in [0.29, 0.717) is 12.5 Å². The molecule has 0 amide bonds. The van der Waals surface area contributed by atoms with Crippen molar-refractivity contribution in [3.63, 3.8) is 0 Å². The fourth-order valence-corrected chi connectivity index (χ4v) is 1.08. The molecule has 0 atom stereocenters. The number of carbonyl (C=O) groups is 1. The van der Waals surface area contributed by atoms with Gasteiger partial charge in [0.25, 0.3) is 0 Å². The van der Waals surface area contributed by atoms with Crippen LogP contribution in [0.4, 0.5) is 8.78 Å². The van der Waals surface area contributed by atoms with E-state index in [4.69, 9.17) is 0 Å². The van der Waals surface area contributed by atoms with E-state index >= 15 is 0 Å². The third-order valence-electron chi connectivity index (χ3n) is 1.03. The van der Waals surface area contributed by atoms with Crippen molar-refractivity contribution in [3.05, 3.63) is 12.7 Å². The van der Waals surface area contributed by atoms with Crippen LogP contribution in [0.15, 0.2) is 12.7 Å². The molecule has 0 heterocycles. The number of halogens is 2. The van der Waals surface area contributed by atoms with Gasteiger partial charge in [-0.05, 0) is 6.42 Å². The quantitative estimate of drug-likeness (QED) is 0.275. The highest BCUT2D eigenvalue weighted by Gasteiger charge is 2.03. The Balaban J connectivity index is 3.11. The highest BCUT2D eigenvalue weighted by Crippen LogP contribution is 1.97. The molecule has 12 heavy (non-hydrogen) atoms. The van der Waals surface area contributed by atoms with E-state index in [-0.39, 0.29) is 16.1 Å². The summed E-state index contributed by atoms with van der Waals surface area (Å²) >= 11 is 0. The van der Waals surface area contributed by atoms with Gasteiger partial charge in [-0.3, -0.25) is 0 Å². The summed E-state index contributed by atoms with van der Waals surface area (Å²) in [5.74, 6) is -0.504. The molecule has 0 aliphatic carbocycles. The Labute approximate surface area is 72.4 Å². The van der Waals surface area contributed by atoms with Gasteiger partial charge in [0, 0.05) is 6.08 Å². The zero-order valence-corrected chi connectivity index (χ0v) is 7.56. The molecule has 0 unspecified atom stereocenters. The summed E-state index contributed by atoms with van der Waals surface area (Å²) in [4.78, 5) is 10.4. The zero-order valence-electron chi connectivity index (χ0n) is 6.56. The first kappa shape index (κ1) is 11.3. The van der Waals surface area contributed by atoms with Gasteiger partial charge in [0.15, 0.2) is 0 Å². The molecule has 0 aliphatic heterocycles. The highest BCUT2D eigenvalue weighted by atomic mass is 28.2. The molecule has 0 fully saturated rings. The molecular weight excluding hydrogens is 182 g/mol. The normalized spacial score (nSPS) is 9.92. The van der Waals surface area contributed by atoms with E-state index in [1.54, 1.807) is 0 Å². The third-order valence-corrected chi connectivity index (χ3v) is 1.98. The smallest absolute Gasteiger partial charge is 0.330 e. The number of esters is 1. The van der Waals surface area contributed by atoms with Crippen LogP contribution in [0.1, 0.15) is 6.42 Å². The molecule has 68 valence electrons. The monoisotopic (exact) mass is 192 g/mol. The fraction of sp³-hybridized carbons (Fsp3) is 0.571. The molecular formula is C7H10F2O2Si. The van der Waals surface area contributed by atoms with Gasteiger partial charge >= 0.3 is 5.97 Å². The van der Waals surface area contributed by atoms with Crippen LogP contribution in [-0.4, -0.2) is 28.1 Å². The first-order valence-electron chi connectivity index (χ1n) is 3.47. The van der Waals surface area contributed by atoms with Crippen molar-refractivity contribution in [2.45, 2.75) is 18.5 Å². The van der Waals surface area contributed by atoms with E-state index in [1.165, 1.54) is 0 Å². The van der Waals surface area contributed by atoms with Gasteiger partial charge < -0.3 is 4.74 Å². The Morgan fingerprint density at radius 2 is 2.33 bits per heavy atom. The largest absolute Gasteiger partial charge is 0.463 e. The van der Waals surface area contributed by atoms with Crippen LogP contribution < -0.4 is 0 Å². The van der Waals surface area contributed by atoms with Crippen molar-refractivity contribution < 1.29 is 18.3 Å². The van der Waals surface area contributed by atoms with E-state index < -0.39 is 12.0 Å². The number of rotatable bonds is 6. The zero-order chi connectivity index (χ0) is 9.40. The minimum Gasteiger partial charge on any atom is -0.463 e. The van der Waals surface area contributed by atoms with Crippen LogP contribution >= 0.6 is 0 Å². The van der Waals surface area contributed by atoms with Crippen molar-refractivity contribution >= 4 is 15.5 Å². The van der Waals surface area contributed by atoms with Gasteiger partial charge in [-0.15, -0.1) is 0 Å². The average Bonchev–Trinajstić information content (AvgIpc) is 2.03. The second-order valence-corrected chi connectivity index (χ2v) is 3.32. The second kappa shape index (κ2) is 6.96. The lowest BCUT2D eigenvalue weighted by molar-refractivity contribution is -0.137. The lowest BCUT2D eigenvalue weighted by atomic mass is 10.5. The summed E-state index contributed by atoms with van der Waals surface area (Å²) < 4.78 is 27.7. The van der Waals surface area contributed by atoms with Crippen molar-refractivity contribution in [2.24, 2.45) is 0 Å². The molecule has 0 aromatic rings. The standard InChI is InChI=1S/C7H10F2O2Si/c1-2-6(10)11-4-3-5-12-7(8)9/h2,7H,1,3-5H2. The SMILES string of the molecule is C=CC(=O)OCCC[Si]C(F)F. The molecule has 0 rings (SSSR count). The topological polar surface area (TPSA) is 26.3 Å². The van der Waals surface area contributed by atoms with E-state index in [1.807, 2.05) is 0 Å². The fourth-order valence-electron chi connectivity index (χ4n) is 0.515. The van der Waals surface area contributed by atoms with Crippen molar-refractivity contribution in [1.82, 2.24) is 0 Å². The van der Waals surface area contributed by atoms with Crippen LogP contribution in [0.25, 0.3) is 0 Å². The molecule has 0 aromatic heterocycles. The molecule has 0 N–H and O–H groups in total. The molecule has 0 bridgehead atoms. The van der Waals surface area contributed by atoms with Gasteiger partial charge in [0.1, 0.15) is 9.52 Å². The predicted molar refractivity (Wildman–Crippen MR) is 42.3 cm³/mol. The summed E-state index contributed by atoms with van der Waals surface area (Å²) in [6.45, 7) is 3.39. The summed E-state index contributed by atoms with van der Waals surface area (Å²) in [5.41, 5.74) is 0. The maximum absolute atomic E-state index is 11.6. The molecule has 0 saturated heterocycles. The lowest BCUT2D eigenvalue weighted by Gasteiger charge is -2.00. The van der Waals surface area contributed by atoms with E-state index in [9.17, 15) is 13.6 Å². The predicted octanol–water partition coefficient (Wildman–Crippen LogP) is 1.45. The summed E-state index contributed by atoms with van der Waals surface area (Å²) in [7, 11) is -0.358. The van der Waals surface area contributed by atoms with Gasteiger partial charge in [0.05, 0.1) is 6.61 Å². The van der Waals surface area contributed by atoms with Crippen LogP contribution in [0, 0.1) is 0 Å². The molecule has 0 saturated carbocycles. The van der Waals surface area contributed by atoms with E-state index in [0.717, 1.165) is 6.08 Å². The maximum Gasteiger partial charge on any atom is 0.330 e. The summed E-state index contributed by atoms with van der Waals surface area (Å²) in [6.07, 6.45) is 1.54. The number of hydrogen-bond donors (Lipinski definition) is 0. The summed E-state index contributed by atoms with van der Waals surface area (Å²) in [5, 5.41) is 0. The lowest BCUT2D eigenvalue weighted by Crippen LogP contribution is -2.06.